The highest BCUT2D eigenvalue weighted by Crippen LogP contribution is 2.10. The van der Waals surface area contributed by atoms with E-state index in [0.29, 0.717) is 13.1 Å². The molecule has 0 fully saturated rings. The molecule has 4 nitrogen and oxygen atoms in total. The minimum atomic E-state index is 0.431. The molecule has 1 aromatic heterocycles. The van der Waals surface area contributed by atoms with Crippen molar-refractivity contribution in [1.82, 2.24) is 4.98 Å². The Hall–Kier alpha value is -1.45. The van der Waals surface area contributed by atoms with Crippen LogP contribution in [-0.4, -0.2) is 32.2 Å². The molecule has 0 radical (unpaired) electrons. The highest BCUT2D eigenvalue weighted by Gasteiger charge is 1.94. The molecule has 0 saturated carbocycles. The molecule has 0 atom stereocenters. The van der Waals surface area contributed by atoms with E-state index in [-0.39, 0.29) is 0 Å². The number of nitrogens with zero attached hydrogens (tertiary/aromatic N) is 1. The van der Waals surface area contributed by atoms with Gasteiger partial charge in [0, 0.05) is 26.0 Å². The summed E-state index contributed by atoms with van der Waals surface area (Å²) >= 11 is 0. The summed E-state index contributed by atoms with van der Waals surface area (Å²) in [5, 5.41) is 0. The van der Waals surface area contributed by atoms with E-state index < -0.39 is 0 Å². The quantitative estimate of drug-likeness (QED) is 0.750. The van der Waals surface area contributed by atoms with E-state index in [0.717, 1.165) is 0 Å². The van der Waals surface area contributed by atoms with E-state index in [1.165, 1.54) is 11.4 Å². The number of carbonyl (C=O) groups excluding carboxylic acids is 1. The number of anilines is 1. The molecule has 0 saturated heterocycles. The maximum Gasteiger partial charge on any atom is 0.293 e. The largest absolute Gasteiger partial charge is 0.468 e. The molecule has 1 heterocycles. The summed E-state index contributed by atoms with van der Waals surface area (Å²) in [6, 6.07) is 2.11. The number of nitrogens with one attached hydrogen (secondary N) is 1. The molecule has 1 aromatic rings. The van der Waals surface area contributed by atoms with Crippen LogP contribution < -0.4 is 4.90 Å². The molecule has 1 rings (SSSR count). The predicted molar refractivity (Wildman–Crippen MR) is 57.5 cm³/mol. The maximum atomic E-state index is 9.18. The van der Waals surface area contributed by atoms with E-state index in [4.69, 9.17) is 0 Å². The fraction of sp³-hybridized carbons (Fsp3) is 0.500. The second kappa shape index (κ2) is 7.00. The Morgan fingerprint density at radius 1 is 1.57 bits per heavy atom. The van der Waals surface area contributed by atoms with Crippen LogP contribution in [0.2, 0.25) is 0 Å². The SMILES string of the molecule is CCOC=O.Cc1cc(N(C)C)c[nH]1. The first kappa shape index (κ1) is 12.6. The van der Waals surface area contributed by atoms with Crippen LogP contribution in [0.4, 0.5) is 5.69 Å². The second-order valence-electron chi connectivity index (χ2n) is 2.99. The van der Waals surface area contributed by atoms with Crippen molar-refractivity contribution in [2.24, 2.45) is 0 Å². The minimum absolute atomic E-state index is 0.431. The van der Waals surface area contributed by atoms with Gasteiger partial charge in [0.1, 0.15) is 0 Å². The van der Waals surface area contributed by atoms with E-state index in [1.807, 2.05) is 27.2 Å². The van der Waals surface area contributed by atoms with Gasteiger partial charge in [-0.1, -0.05) is 0 Å². The second-order valence-corrected chi connectivity index (χ2v) is 2.99. The molecule has 0 amide bonds. The molecule has 0 aliphatic carbocycles. The zero-order chi connectivity index (χ0) is 11.0. The summed E-state index contributed by atoms with van der Waals surface area (Å²) in [6.45, 7) is 4.71. The van der Waals surface area contributed by atoms with Crippen LogP contribution in [-0.2, 0) is 9.53 Å². The molecule has 80 valence electrons. The molecule has 1 N–H and O–H groups in total. The minimum Gasteiger partial charge on any atom is -0.468 e. The first-order valence-electron chi connectivity index (χ1n) is 4.49. The third-order valence-corrected chi connectivity index (χ3v) is 1.56. The van der Waals surface area contributed by atoms with Gasteiger partial charge in [-0.3, -0.25) is 4.79 Å². The molecule has 0 unspecified atom stereocenters. The van der Waals surface area contributed by atoms with Crippen LogP contribution in [0.3, 0.4) is 0 Å². The normalized spacial score (nSPS) is 8.57. The molecule has 0 aromatic carbocycles. The number of aromatic nitrogens is 1. The first-order valence-corrected chi connectivity index (χ1v) is 4.49. The summed E-state index contributed by atoms with van der Waals surface area (Å²) < 4.78 is 4.15. The van der Waals surface area contributed by atoms with Gasteiger partial charge in [-0.15, -0.1) is 0 Å². The van der Waals surface area contributed by atoms with Gasteiger partial charge < -0.3 is 14.6 Å². The maximum absolute atomic E-state index is 9.18. The van der Waals surface area contributed by atoms with Crippen LogP contribution >= 0.6 is 0 Å². The van der Waals surface area contributed by atoms with Gasteiger partial charge in [0.15, 0.2) is 0 Å². The predicted octanol–water partition coefficient (Wildman–Crippen LogP) is 1.57. The summed E-state index contributed by atoms with van der Waals surface area (Å²) in [5.74, 6) is 0. The smallest absolute Gasteiger partial charge is 0.293 e. The number of rotatable bonds is 3. The van der Waals surface area contributed by atoms with Crippen molar-refractivity contribution in [1.29, 1.82) is 0 Å². The Balaban J connectivity index is 0.000000292. The third-order valence-electron chi connectivity index (χ3n) is 1.56. The molecular formula is C10H18N2O2. The Kier molecular flexibility index (Phi) is 6.28. The summed E-state index contributed by atoms with van der Waals surface area (Å²) in [4.78, 5) is 14.4. The highest BCUT2D eigenvalue weighted by molar-refractivity contribution is 5.44. The Bertz CT molecular complexity index is 256. The monoisotopic (exact) mass is 198 g/mol. The average Bonchev–Trinajstić information content (AvgIpc) is 2.54. The first-order chi connectivity index (χ1) is 6.61. The number of carbonyl (C=O) groups is 1. The number of aryl methyl sites for hydroxylation is 1. The van der Waals surface area contributed by atoms with Crippen molar-refractivity contribution in [2.75, 3.05) is 25.6 Å². The molecular weight excluding hydrogens is 180 g/mol. The lowest BCUT2D eigenvalue weighted by Crippen LogP contribution is -2.06. The number of H-pyrrole nitrogens is 1. The van der Waals surface area contributed by atoms with Gasteiger partial charge >= 0.3 is 0 Å². The van der Waals surface area contributed by atoms with Crippen molar-refractivity contribution < 1.29 is 9.53 Å². The van der Waals surface area contributed by atoms with Gasteiger partial charge in [0.25, 0.3) is 6.47 Å². The molecule has 0 bridgehead atoms. The van der Waals surface area contributed by atoms with Gasteiger partial charge in [-0.05, 0) is 19.9 Å². The zero-order valence-electron chi connectivity index (χ0n) is 9.20. The van der Waals surface area contributed by atoms with Gasteiger partial charge in [0.05, 0.1) is 12.3 Å². The van der Waals surface area contributed by atoms with Gasteiger partial charge in [-0.2, -0.15) is 0 Å². The lowest BCUT2D eigenvalue weighted by atomic mass is 10.4. The number of ether oxygens (including phenoxy) is 1. The topological polar surface area (TPSA) is 45.3 Å². The Morgan fingerprint density at radius 2 is 2.21 bits per heavy atom. The molecule has 0 aliphatic rings. The van der Waals surface area contributed by atoms with E-state index in [2.05, 4.69) is 20.7 Å². The van der Waals surface area contributed by atoms with Crippen molar-refractivity contribution in [3.8, 4) is 0 Å². The number of hydrogen-bond acceptors (Lipinski definition) is 3. The average molecular weight is 198 g/mol. The van der Waals surface area contributed by atoms with Crippen LogP contribution in [0.5, 0.6) is 0 Å². The molecule has 0 aliphatic heterocycles. The molecule has 4 heteroatoms. The Labute approximate surface area is 84.9 Å². The fourth-order valence-electron chi connectivity index (χ4n) is 0.819. The molecule has 0 spiro atoms. The van der Waals surface area contributed by atoms with Crippen LogP contribution in [0.15, 0.2) is 12.3 Å². The van der Waals surface area contributed by atoms with Gasteiger partial charge in [0.2, 0.25) is 0 Å². The van der Waals surface area contributed by atoms with Crippen LogP contribution in [0.1, 0.15) is 12.6 Å². The standard InChI is InChI=1S/C7H12N2.C3H6O2/c1-6-4-7(5-8-6)9(2)3;1-2-5-3-4/h4-5,8H,1-3H3;3H,2H2,1H3. The Morgan fingerprint density at radius 3 is 2.36 bits per heavy atom. The summed E-state index contributed by atoms with van der Waals surface area (Å²) in [6.07, 6.45) is 2.00. The van der Waals surface area contributed by atoms with Gasteiger partial charge in [-0.25, -0.2) is 0 Å². The zero-order valence-corrected chi connectivity index (χ0v) is 9.20. The number of aromatic amines is 1. The van der Waals surface area contributed by atoms with Crippen molar-refractivity contribution in [3.63, 3.8) is 0 Å². The van der Waals surface area contributed by atoms with Crippen molar-refractivity contribution in [3.05, 3.63) is 18.0 Å². The lowest BCUT2D eigenvalue weighted by Gasteiger charge is -2.07. The van der Waals surface area contributed by atoms with Crippen LogP contribution in [0, 0.1) is 6.92 Å². The third kappa shape index (κ3) is 5.24. The van der Waals surface area contributed by atoms with Crippen LogP contribution in [0.25, 0.3) is 0 Å². The number of hydrogen-bond donors (Lipinski definition) is 1. The van der Waals surface area contributed by atoms with Crippen molar-refractivity contribution >= 4 is 12.2 Å². The lowest BCUT2D eigenvalue weighted by molar-refractivity contribution is -0.128. The van der Waals surface area contributed by atoms with E-state index in [1.54, 1.807) is 6.92 Å². The molecule has 14 heavy (non-hydrogen) atoms. The van der Waals surface area contributed by atoms with E-state index >= 15 is 0 Å². The fourth-order valence-corrected chi connectivity index (χ4v) is 0.819. The summed E-state index contributed by atoms with van der Waals surface area (Å²) in [5.41, 5.74) is 2.44. The van der Waals surface area contributed by atoms with Crippen molar-refractivity contribution in [2.45, 2.75) is 13.8 Å². The highest BCUT2D eigenvalue weighted by atomic mass is 16.5. The summed E-state index contributed by atoms with van der Waals surface area (Å²) in [7, 11) is 4.06. The van der Waals surface area contributed by atoms with E-state index in [9.17, 15) is 4.79 Å².